The Morgan fingerprint density at radius 3 is 2.39 bits per heavy atom. The van der Waals surface area contributed by atoms with Gasteiger partial charge in [0.15, 0.2) is 15.7 Å². The summed E-state index contributed by atoms with van der Waals surface area (Å²) in [5.74, 6) is 1.01. The van der Waals surface area contributed by atoms with Gasteiger partial charge in [-0.05, 0) is 80.3 Å². The van der Waals surface area contributed by atoms with Crippen LogP contribution in [0.4, 0.5) is 0 Å². The van der Waals surface area contributed by atoms with E-state index >= 15 is 0 Å². The third kappa shape index (κ3) is 4.89. The van der Waals surface area contributed by atoms with Crippen molar-refractivity contribution in [3.63, 3.8) is 0 Å². The van der Waals surface area contributed by atoms with Crippen LogP contribution in [-0.4, -0.2) is 29.8 Å². The topological polar surface area (TPSA) is 86.0 Å². The van der Waals surface area contributed by atoms with E-state index in [-0.39, 0.29) is 0 Å². The maximum Gasteiger partial charge on any atom is 0.258 e. The fourth-order valence-electron chi connectivity index (χ4n) is 4.34. The molecule has 38 heavy (non-hydrogen) atoms. The van der Waals surface area contributed by atoms with Gasteiger partial charge < -0.3 is 4.52 Å². The minimum Gasteiger partial charge on any atom is -0.334 e. The molecule has 7 heteroatoms. The Labute approximate surface area is 223 Å². The zero-order valence-corrected chi connectivity index (χ0v) is 22.9. The van der Waals surface area contributed by atoms with Gasteiger partial charge in [0.2, 0.25) is 0 Å². The third-order valence-corrected chi connectivity index (χ3v) is 9.05. The van der Waals surface area contributed by atoms with Crippen molar-refractivity contribution in [3.8, 4) is 11.1 Å². The number of pyridine rings is 1. The molecule has 0 aliphatic heterocycles. The van der Waals surface area contributed by atoms with Gasteiger partial charge in [-0.1, -0.05) is 59.3 Å². The minimum atomic E-state index is -3.36. The molecule has 0 spiro atoms. The number of hydrogen-bond acceptors (Lipinski definition) is 6. The Balaban J connectivity index is 1.69. The summed E-state index contributed by atoms with van der Waals surface area (Å²) in [6.07, 6.45) is 5.06. The molecule has 2 heterocycles. The lowest BCUT2D eigenvalue weighted by Gasteiger charge is -2.24. The first kappa shape index (κ1) is 25.5. The van der Waals surface area contributed by atoms with Crippen LogP contribution in [0.15, 0.2) is 83.5 Å². The molecule has 5 rings (SSSR count). The van der Waals surface area contributed by atoms with E-state index in [1.54, 1.807) is 27.0 Å². The van der Waals surface area contributed by atoms with Crippen LogP contribution >= 0.6 is 0 Å². The van der Waals surface area contributed by atoms with Crippen molar-refractivity contribution in [2.45, 2.75) is 32.4 Å². The molecule has 0 aliphatic rings. The van der Waals surface area contributed by atoms with E-state index in [4.69, 9.17) is 4.52 Å². The predicted octanol–water partition coefficient (Wildman–Crippen LogP) is 6.77. The molecule has 0 atom stereocenters. The summed E-state index contributed by atoms with van der Waals surface area (Å²) in [6, 6.07) is 24.0. The zero-order valence-electron chi connectivity index (χ0n) is 22.1. The van der Waals surface area contributed by atoms with E-state index in [1.807, 2.05) is 67.6 Å². The van der Waals surface area contributed by atoms with E-state index in [0.717, 1.165) is 49.9 Å². The molecule has 0 amide bonds. The number of rotatable bonds is 6. The van der Waals surface area contributed by atoms with Crippen LogP contribution in [0.1, 0.15) is 47.8 Å². The Hall–Kier alpha value is -4.10. The van der Waals surface area contributed by atoms with Crippen molar-refractivity contribution >= 4 is 32.4 Å². The number of sulfone groups is 1. The Bertz CT molecular complexity index is 1780. The average Bonchev–Trinajstić information content (AvgIpc) is 3.32. The molecule has 192 valence electrons. The monoisotopic (exact) mass is 523 g/mol. The van der Waals surface area contributed by atoms with Crippen molar-refractivity contribution in [1.29, 1.82) is 0 Å². The lowest BCUT2D eigenvalue weighted by molar-refractivity contribution is 0.403. The van der Waals surface area contributed by atoms with Gasteiger partial charge in [0.05, 0.1) is 10.3 Å². The number of aryl methyl sites for hydroxylation is 2. The fraction of sp³-hybridized carbons (Fsp3) is 0.194. The molecule has 5 aromatic rings. The van der Waals surface area contributed by atoms with E-state index < -0.39 is 14.6 Å². The van der Waals surface area contributed by atoms with Crippen LogP contribution in [0.3, 0.4) is 0 Å². The molecule has 0 aliphatic carbocycles. The number of aromatic nitrogens is 3. The predicted molar refractivity (Wildman–Crippen MR) is 152 cm³/mol. The van der Waals surface area contributed by atoms with Crippen molar-refractivity contribution in [2.24, 2.45) is 0 Å². The van der Waals surface area contributed by atoms with E-state index in [2.05, 4.69) is 33.3 Å². The SMILES string of the molecule is Cc1ccc(/C(=C\c2cccc(-c3cc(C(C)(C)S(C)(=O)=O)cc4cccnc34)c2)c2nc(C)no2)cc1. The minimum absolute atomic E-state index is 0.445. The van der Waals surface area contributed by atoms with Crippen molar-refractivity contribution in [3.05, 3.63) is 113 Å². The van der Waals surface area contributed by atoms with Crippen LogP contribution in [0.2, 0.25) is 0 Å². The Morgan fingerprint density at radius 2 is 1.71 bits per heavy atom. The molecule has 0 fully saturated rings. The maximum atomic E-state index is 12.7. The lowest BCUT2D eigenvalue weighted by Crippen LogP contribution is -2.28. The normalized spacial score (nSPS) is 12.7. The summed E-state index contributed by atoms with van der Waals surface area (Å²) in [5, 5.41) is 4.88. The smallest absolute Gasteiger partial charge is 0.258 e. The molecule has 3 aromatic carbocycles. The molecule has 6 nitrogen and oxygen atoms in total. The van der Waals surface area contributed by atoms with Crippen LogP contribution in [0.5, 0.6) is 0 Å². The maximum absolute atomic E-state index is 12.7. The average molecular weight is 524 g/mol. The first-order valence-corrected chi connectivity index (χ1v) is 14.2. The van der Waals surface area contributed by atoms with Crippen molar-refractivity contribution in [1.82, 2.24) is 15.1 Å². The van der Waals surface area contributed by atoms with Gasteiger partial charge in [-0.2, -0.15) is 4.98 Å². The second-order valence-electron chi connectivity index (χ2n) is 10.1. The van der Waals surface area contributed by atoms with E-state index in [1.165, 1.54) is 6.26 Å². The highest BCUT2D eigenvalue weighted by Gasteiger charge is 2.33. The van der Waals surface area contributed by atoms with E-state index in [9.17, 15) is 8.42 Å². The standard InChI is InChI=1S/C31H29N3O3S/c1-20-11-13-23(14-12-20)28(30-33-21(2)34-37-30)17-22-8-6-9-24(16-22)27-19-26(31(3,4)38(5,35)36)18-25-10-7-15-32-29(25)27/h6-19H,1-5H3/b28-17+. The molecule has 0 radical (unpaired) electrons. The number of benzene rings is 3. The van der Waals surface area contributed by atoms with Gasteiger partial charge in [-0.25, -0.2) is 8.42 Å². The summed E-state index contributed by atoms with van der Waals surface area (Å²) < 4.78 is 29.8. The van der Waals surface area contributed by atoms with Crippen molar-refractivity contribution < 1.29 is 12.9 Å². The highest BCUT2D eigenvalue weighted by Crippen LogP contribution is 2.37. The largest absolute Gasteiger partial charge is 0.334 e. The Kier molecular flexibility index (Phi) is 6.49. The molecule has 0 unspecified atom stereocenters. The molecule has 2 aromatic heterocycles. The number of hydrogen-bond donors (Lipinski definition) is 0. The number of fused-ring (bicyclic) bond motifs is 1. The summed E-state index contributed by atoms with van der Waals surface area (Å²) in [7, 11) is -3.36. The Morgan fingerprint density at radius 1 is 0.947 bits per heavy atom. The van der Waals surface area contributed by atoms with Gasteiger partial charge in [-0.3, -0.25) is 4.98 Å². The van der Waals surface area contributed by atoms with Crippen molar-refractivity contribution in [2.75, 3.05) is 6.26 Å². The number of nitrogens with zero attached hydrogens (tertiary/aromatic N) is 3. The molecular weight excluding hydrogens is 494 g/mol. The highest BCUT2D eigenvalue weighted by atomic mass is 32.2. The molecule has 0 N–H and O–H groups in total. The second-order valence-corrected chi connectivity index (χ2v) is 12.6. The molecular formula is C31H29N3O3S. The van der Waals surface area contributed by atoms with Gasteiger partial charge in [0.1, 0.15) is 0 Å². The van der Waals surface area contributed by atoms with Crippen LogP contribution in [0.25, 0.3) is 33.7 Å². The van der Waals surface area contributed by atoms with Gasteiger partial charge >= 0.3 is 0 Å². The summed E-state index contributed by atoms with van der Waals surface area (Å²) in [6.45, 7) is 7.32. The third-order valence-electron chi connectivity index (χ3n) is 6.96. The van der Waals surface area contributed by atoms with Crippen LogP contribution < -0.4 is 0 Å². The first-order valence-electron chi connectivity index (χ1n) is 12.3. The molecule has 0 saturated heterocycles. The summed E-state index contributed by atoms with van der Waals surface area (Å²) >= 11 is 0. The lowest BCUT2D eigenvalue weighted by atomic mass is 9.92. The quantitative estimate of drug-likeness (QED) is 0.228. The highest BCUT2D eigenvalue weighted by molar-refractivity contribution is 7.91. The molecule has 0 saturated carbocycles. The van der Waals surface area contributed by atoms with E-state index in [0.29, 0.717) is 11.7 Å². The fourth-order valence-corrected chi connectivity index (χ4v) is 4.89. The molecule has 0 bridgehead atoms. The van der Waals surface area contributed by atoms with Gasteiger partial charge in [0, 0.05) is 29.0 Å². The van der Waals surface area contributed by atoms with Gasteiger partial charge in [0.25, 0.3) is 5.89 Å². The summed E-state index contributed by atoms with van der Waals surface area (Å²) in [4.78, 5) is 9.12. The zero-order chi connectivity index (χ0) is 27.1. The first-order chi connectivity index (χ1) is 18.0. The van der Waals surface area contributed by atoms with Crippen LogP contribution in [-0.2, 0) is 14.6 Å². The van der Waals surface area contributed by atoms with Crippen LogP contribution in [0, 0.1) is 13.8 Å². The summed E-state index contributed by atoms with van der Waals surface area (Å²) in [5.41, 5.74) is 7.21. The van der Waals surface area contributed by atoms with Gasteiger partial charge in [-0.15, -0.1) is 0 Å². The second kappa shape index (κ2) is 9.65.